The molecule has 0 bridgehead atoms. The SMILES string of the molecule is CNC(=O)c1ccc(CNC(=O)c2ccc(C(=O)N/N=C(\C)c3csc(-c4ccc(OC(F)(F)F)cc4)c3O)s2)cc1. The fourth-order valence-electron chi connectivity index (χ4n) is 3.64. The summed E-state index contributed by atoms with van der Waals surface area (Å²) in [6.07, 6.45) is -4.81. The normalized spacial score (nSPS) is 11.6. The molecular weight excluding hydrogens is 593 g/mol. The Kier molecular flexibility index (Phi) is 9.28. The highest BCUT2D eigenvalue weighted by atomic mass is 32.1. The predicted octanol–water partition coefficient (Wildman–Crippen LogP) is 5.52. The molecule has 0 saturated heterocycles. The fourth-order valence-corrected chi connectivity index (χ4v) is 5.46. The smallest absolute Gasteiger partial charge is 0.506 e. The van der Waals surface area contributed by atoms with Crippen LogP contribution in [-0.4, -0.2) is 41.9 Å². The van der Waals surface area contributed by atoms with Crippen molar-refractivity contribution in [1.29, 1.82) is 0 Å². The monoisotopic (exact) mass is 616 g/mol. The highest BCUT2D eigenvalue weighted by molar-refractivity contribution is 7.16. The van der Waals surface area contributed by atoms with Crippen LogP contribution in [0.4, 0.5) is 13.2 Å². The molecule has 2 aromatic carbocycles. The van der Waals surface area contributed by atoms with Gasteiger partial charge in [0.15, 0.2) is 0 Å². The molecule has 0 fully saturated rings. The average Bonchev–Trinajstić information content (AvgIpc) is 3.61. The summed E-state index contributed by atoms with van der Waals surface area (Å²) >= 11 is 2.13. The molecule has 4 N–H and O–H groups in total. The molecule has 2 aromatic heterocycles. The lowest BCUT2D eigenvalue weighted by atomic mass is 10.1. The summed E-state index contributed by atoms with van der Waals surface area (Å²) in [5.41, 5.74) is 4.79. The Morgan fingerprint density at radius 3 is 2.19 bits per heavy atom. The van der Waals surface area contributed by atoms with Gasteiger partial charge in [0, 0.05) is 24.5 Å². The molecule has 218 valence electrons. The van der Waals surface area contributed by atoms with E-state index in [2.05, 4.69) is 25.9 Å². The molecule has 2 heterocycles. The summed E-state index contributed by atoms with van der Waals surface area (Å²) < 4.78 is 41.0. The molecule has 0 unspecified atom stereocenters. The summed E-state index contributed by atoms with van der Waals surface area (Å²) in [6.45, 7) is 1.80. The van der Waals surface area contributed by atoms with E-state index in [0.29, 0.717) is 26.4 Å². The Morgan fingerprint density at radius 2 is 1.57 bits per heavy atom. The first-order valence-electron chi connectivity index (χ1n) is 12.2. The van der Waals surface area contributed by atoms with Crippen molar-refractivity contribution in [2.24, 2.45) is 5.10 Å². The molecule has 14 heteroatoms. The Labute approximate surface area is 245 Å². The molecule has 4 aromatic rings. The first-order chi connectivity index (χ1) is 19.9. The van der Waals surface area contributed by atoms with Crippen molar-refractivity contribution in [2.75, 3.05) is 7.05 Å². The Morgan fingerprint density at radius 1 is 0.929 bits per heavy atom. The predicted molar refractivity (Wildman–Crippen MR) is 153 cm³/mol. The molecule has 0 spiro atoms. The minimum Gasteiger partial charge on any atom is -0.506 e. The van der Waals surface area contributed by atoms with Gasteiger partial charge < -0.3 is 20.5 Å². The minimum absolute atomic E-state index is 0.140. The molecule has 9 nitrogen and oxygen atoms in total. The van der Waals surface area contributed by atoms with Gasteiger partial charge in [0.2, 0.25) is 0 Å². The maximum atomic E-state index is 12.6. The van der Waals surface area contributed by atoms with E-state index < -0.39 is 12.3 Å². The van der Waals surface area contributed by atoms with Crippen LogP contribution in [0.25, 0.3) is 10.4 Å². The van der Waals surface area contributed by atoms with Crippen molar-refractivity contribution in [3.8, 4) is 21.9 Å². The summed E-state index contributed by atoms with van der Waals surface area (Å²) in [7, 11) is 1.54. The lowest BCUT2D eigenvalue weighted by Gasteiger charge is -2.09. The summed E-state index contributed by atoms with van der Waals surface area (Å²) in [5, 5.41) is 21.6. The number of hydrogen-bond donors (Lipinski definition) is 4. The van der Waals surface area contributed by atoms with Crippen molar-refractivity contribution in [3.63, 3.8) is 0 Å². The second-order valence-corrected chi connectivity index (χ2v) is 10.6. The van der Waals surface area contributed by atoms with Gasteiger partial charge in [0.1, 0.15) is 11.5 Å². The van der Waals surface area contributed by atoms with Crippen LogP contribution in [-0.2, 0) is 6.54 Å². The molecule has 0 saturated carbocycles. The van der Waals surface area contributed by atoms with E-state index in [1.807, 2.05) is 0 Å². The third kappa shape index (κ3) is 7.53. The topological polar surface area (TPSA) is 129 Å². The van der Waals surface area contributed by atoms with Gasteiger partial charge >= 0.3 is 6.36 Å². The number of thiophene rings is 2. The van der Waals surface area contributed by atoms with Gasteiger partial charge in [0.25, 0.3) is 17.7 Å². The molecule has 0 atom stereocenters. The average molecular weight is 617 g/mol. The summed E-state index contributed by atoms with van der Waals surface area (Å²) in [6, 6.07) is 14.8. The lowest BCUT2D eigenvalue weighted by Crippen LogP contribution is -2.22. The van der Waals surface area contributed by atoms with E-state index in [1.54, 1.807) is 36.6 Å². The number of ether oxygens (including phenoxy) is 1. The lowest BCUT2D eigenvalue weighted by molar-refractivity contribution is -0.274. The maximum Gasteiger partial charge on any atom is 0.573 e. The van der Waals surface area contributed by atoms with E-state index >= 15 is 0 Å². The first kappa shape index (κ1) is 30.3. The van der Waals surface area contributed by atoms with Crippen LogP contribution in [0.1, 0.15) is 47.8 Å². The van der Waals surface area contributed by atoms with Crippen LogP contribution in [0.3, 0.4) is 0 Å². The van der Waals surface area contributed by atoms with Crippen LogP contribution < -0.4 is 20.8 Å². The number of benzene rings is 2. The van der Waals surface area contributed by atoms with Gasteiger partial charge in [-0.05, 0) is 66.6 Å². The van der Waals surface area contributed by atoms with Crippen LogP contribution in [0.15, 0.2) is 71.1 Å². The van der Waals surface area contributed by atoms with E-state index in [0.717, 1.165) is 40.4 Å². The second-order valence-electron chi connectivity index (χ2n) is 8.66. The Bertz CT molecular complexity index is 1630. The molecule has 3 amide bonds. The zero-order valence-electron chi connectivity index (χ0n) is 22.0. The third-order valence-electron chi connectivity index (χ3n) is 5.78. The number of rotatable bonds is 9. The molecule has 0 aliphatic rings. The minimum atomic E-state index is -4.81. The standard InChI is InChI=1S/C28H23F3N4O5S2/c1-15(20-14-41-24(23(20)36)17-7-9-19(10-8-17)40-28(29,30)31)34-35-27(39)22-12-11-21(42-22)26(38)33-13-16-3-5-18(6-4-16)25(37)32-2/h3-12,14,36H,13H2,1-2H3,(H,32,37)(H,33,38)(H,35,39)/b34-15+. The number of aromatic hydroxyl groups is 1. The van der Waals surface area contributed by atoms with Crippen LogP contribution in [0, 0.1) is 0 Å². The van der Waals surface area contributed by atoms with Gasteiger partial charge in [-0.1, -0.05) is 12.1 Å². The number of carbonyl (C=O) groups is 3. The van der Waals surface area contributed by atoms with E-state index in [-0.39, 0.29) is 40.4 Å². The van der Waals surface area contributed by atoms with Crippen LogP contribution >= 0.6 is 22.7 Å². The first-order valence-corrected chi connectivity index (χ1v) is 13.9. The van der Waals surface area contributed by atoms with Gasteiger partial charge in [-0.2, -0.15) is 5.10 Å². The summed E-state index contributed by atoms with van der Waals surface area (Å²) in [5.74, 6) is -1.66. The van der Waals surface area contributed by atoms with E-state index in [1.165, 1.54) is 31.3 Å². The molecule has 0 aliphatic heterocycles. The van der Waals surface area contributed by atoms with Gasteiger partial charge in [-0.25, -0.2) is 5.43 Å². The van der Waals surface area contributed by atoms with Crippen molar-refractivity contribution < 1.29 is 37.4 Å². The fraction of sp³-hybridized carbons (Fsp3) is 0.143. The van der Waals surface area contributed by atoms with Crippen molar-refractivity contribution in [2.45, 2.75) is 19.8 Å². The molecule has 42 heavy (non-hydrogen) atoms. The van der Waals surface area contributed by atoms with Crippen molar-refractivity contribution in [3.05, 3.63) is 92.5 Å². The maximum absolute atomic E-state index is 12.6. The highest BCUT2D eigenvalue weighted by Crippen LogP contribution is 2.39. The third-order valence-corrected chi connectivity index (χ3v) is 7.88. The van der Waals surface area contributed by atoms with Crippen LogP contribution in [0.5, 0.6) is 11.5 Å². The Balaban J connectivity index is 1.34. The van der Waals surface area contributed by atoms with Gasteiger partial charge in [0.05, 0.1) is 25.9 Å². The Hall–Kier alpha value is -4.69. The molecule has 0 aliphatic carbocycles. The zero-order chi connectivity index (χ0) is 30.4. The number of nitrogens with one attached hydrogen (secondary N) is 3. The number of amides is 3. The van der Waals surface area contributed by atoms with E-state index in [9.17, 15) is 32.7 Å². The number of hydrazone groups is 1. The van der Waals surface area contributed by atoms with Gasteiger partial charge in [-0.15, -0.1) is 35.8 Å². The number of alkyl halides is 3. The zero-order valence-corrected chi connectivity index (χ0v) is 23.7. The molecule has 4 rings (SSSR count). The highest BCUT2D eigenvalue weighted by Gasteiger charge is 2.31. The second kappa shape index (κ2) is 12.9. The van der Waals surface area contributed by atoms with Crippen molar-refractivity contribution in [1.82, 2.24) is 16.1 Å². The number of carbonyl (C=O) groups excluding carboxylic acids is 3. The van der Waals surface area contributed by atoms with E-state index in [4.69, 9.17) is 0 Å². The van der Waals surface area contributed by atoms with Crippen molar-refractivity contribution >= 4 is 46.1 Å². The number of hydrogen-bond acceptors (Lipinski definition) is 8. The largest absolute Gasteiger partial charge is 0.573 e. The quantitative estimate of drug-likeness (QED) is 0.145. The van der Waals surface area contributed by atoms with Gasteiger partial charge in [-0.3, -0.25) is 14.4 Å². The molecular formula is C28H23F3N4O5S2. The number of halogens is 3. The van der Waals surface area contributed by atoms with Crippen LogP contribution in [0.2, 0.25) is 0 Å². The number of nitrogens with zero attached hydrogens (tertiary/aromatic N) is 1. The summed E-state index contributed by atoms with van der Waals surface area (Å²) in [4.78, 5) is 37.8. The molecule has 0 radical (unpaired) electrons.